The van der Waals surface area contributed by atoms with Gasteiger partial charge in [-0.05, 0) is 69.6 Å². The summed E-state index contributed by atoms with van der Waals surface area (Å²) in [5, 5.41) is 0. The third-order valence-corrected chi connectivity index (χ3v) is 9.45. The van der Waals surface area contributed by atoms with Crippen molar-refractivity contribution in [3.63, 3.8) is 0 Å². The van der Waals surface area contributed by atoms with Gasteiger partial charge >= 0.3 is 29.0 Å². The Balaban J connectivity index is 0.00000337. The number of hydrogen-bond acceptors (Lipinski definition) is 4. The summed E-state index contributed by atoms with van der Waals surface area (Å²) in [6.45, 7) is 13.1. The standard InChI is InChI=1S/C34H38N4O2.Mg/c1-8-21-17(3)26-14-28-20(6)24(12-13-32(39)40-7)34(37-28)25-11-10-23-19(5)29(38-33(23)25)16-31-22(9-2)18(4)27(36-31)15-30(21)35-26;/h14-16,20,24H,8-13H2,1-7H3;/q-2;+2/t20-,24-;/m0./s1. The van der Waals surface area contributed by atoms with Crippen molar-refractivity contribution in [1.82, 2.24) is 19.9 Å². The zero-order chi connectivity index (χ0) is 28.3. The van der Waals surface area contributed by atoms with Crippen LogP contribution in [0.2, 0.25) is 0 Å². The van der Waals surface area contributed by atoms with Crippen LogP contribution in [0.15, 0.2) is 18.2 Å². The molecule has 0 aromatic carbocycles. The maximum absolute atomic E-state index is 12.2. The monoisotopic (exact) mass is 558 g/mol. The van der Waals surface area contributed by atoms with E-state index in [2.05, 4.69) is 59.7 Å². The number of carbonyl (C=O) groups is 1. The van der Waals surface area contributed by atoms with Crippen LogP contribution < -0.4 is 9.97 Å². The molecule has 6 rings (SSSR count). The van der Waals surface area contributed by atoms with Crippen molar-refractivity contribution in [3.8, 4) is 0 Å². The molecule has 1 aliphatic carbocycles. The summed E-state index contributed by atoms with van der Waals surface area (Å²) in [5.74, 6) is 0.116. The van der Waals surface area contributed by atoms with E-state index in [0.717, 1.165) is 70.5 Å². The molecule has 0 amide bonds. The molecule has 3 aromatic heterocycles. The van der Waals surface area contributed by atoms with E-state index in [4.69, 9.17) is 24.7 Å². The number of ether oxygens (including phenoxy) is 1. The minimum atomic E-state index is -0.177. The van der Waals surface area contributed by atoms with Gasteiger partial charge in [-0.15, -0.1) is 22.1 Å². The van der Waals surface area contributed by atoms with Crippen LogP contribution in [0.1, 0.15) is 109 Å². The average Bonchev–Trinajstić information content (AvgIpc) is 3.70. The minimum Gasteiger partial charge on any atom is -0.657 e. The predicted octanol–water partition coefficient (Wildman–Crippen LogP) is 6.65. The van der Waals surface area contributed by atoms with E-state index in [1.807, 2.05) is 0 Å². The van der Waals surface area contributed by atoms with E-state index in [1.165, 1.54) is 46.1 Å². The molecule has 208 valence electrons. The van der Waals surface area contributed by atoms with Gasteiger partial charge in [0.2, 0.25) is 0 Å². The molecule has 2 aliphatic heterocycles. The second-order valence-corrected chi connectivity index (χ2v) is 11.5. The van der Waals surface area contributed by atoms with Crippen molar-refractivity contribution in [2.75, 3.05) is 7.11 Å². The summed E-state index contributed by atoms with van der Waals surface area (Å²) in [6, 6.07) is 6.51. The summed E-state index contributed by atoms with van der Waals surface area (Å²) >= 11 is 0. The molecule has 7 heteroatoms. The van der Waals surface area contributed by atoms with E-state index >= 15 is 0 Å². The molecule has 41 heavy (non-hydrogen) atoms. The number of hydrogen-bond donors (Lipinski definition) is 0. The molecule has 0 saturated heterocycles. The Hall–Kier alpha value is -2.90. The first kappa shape index (κ1) is 29.6. The van der Waals surface area contributed by atoms with Crippen molar-refractivity contribution < 1.29 is 9.53 Å². The molecule has 0 saturated carbocycles. The summed E-state index contributed by atoms with van der Waals surface area (Å²) in [5.41, 5.74) is 16.9. The van der Waals surface area contributed by atoms with Gasteiger partial charge in [-0.3, -0.25) is 9.78 Å². The van der Waals surface area contributed by atoms with Crippen LogP contribution in [0, 0.1) is 13.8 Å². The molecular weight excluding hydrogens is 521 g/mol. The van der Waals surface area contributed by atoms with Gasteiger partial charge in [-0.1, -0.05) is 61.2 Å². The fraction of sp³-hybridized carbons (Fsp3) is 0.441. The van der Waals surface area contributed by atoms with E-state index < -0.39 is 0 Å². The molecule has 0 spiro atoms. The van der Waals surface area contributed by atoms with E-state index in [1.54, 1.807) is 0 Å². The first-order chi connectivity index (χ1) is 19.2. The number of fused-ring (bicyclic) bond motifs is 8. The molecular formula is C34H38MgN4O2. The molecule has 0 radical (unpaired) electrons. The average molecular weight is 559 g/mol. The van der Waals surface area contributed by atoms with Crippen LogP contribution in [-0.2, 0) is 28.8 Å². The van der Waals surface area contributed by atoms with Gasteiger partial charge in [0.25, 0.3) is 0 Å². The Labute approximate surface area is 258 Å². The molecule has 0 unspecified atom stereocenters. The largest absolute Gasteiger partial charge is 2.00 e. The van der Waals surface area contributed by atoms with Crippen LogP contribution >= 0.6 is 0 Å². The van der Waals surface area contributed by atoms with Crippen LogP contribution in [0.5, 0.6) is 0 Å². The van der Waals surface area contributed by atoms with Gasteiger partial charge in [-0.25, -0.2) is 4.98 Å². The fourth-order valence-electron chi connectivity index (χ4n) is 6.97. The summed E-state index contributed by atoms with van der Waals surface area (Å²) in [7, 11) is 1.46. The maximum atomic E-state index is 12.2. The number of allylic oxidation sites excluding steroid dienone is 2. The molecule has 6 nitrogen and oxygen atoms in total. The maximum Gasteiger partial charge on any atom is 2.00 e. The number of aromatic nitrogens is 4. The number of carbonyl (C=O) groups excluding carboxylic acids is 1. The van der Waals surface area contributed by atoms with Crippen LogP contribution in [0.25, 0.3) is 33.2 Å². The molecule has 3 aliphatic rings. The SMILES string of the molecule is CCC1=C(C)c2cc3[n-]c(cc4nc(c5c6[n-]c(cc1n2)c(C)c6CC5)[C@@H](CCC(=O)OC)[C@@H]4C)c(C)c3CC.[Mg+2]. The third kappa shape index (κ3) is 4.85. The zero-order valence-corrected chi connectivity index (χ0v) is 26.9. The van der Waals surface area contributed by atoms with Crippen molar-refractivity contribution in [1.29, 1.82) is 0 Å². The molecule has 2 atom stereocenters. The zero-order valence-electron chi connectivity index (χ0n) is 25.4. The Morgan fingerprint density at radius 1 is 0.927 bits per heavy atom. The van der Waals surface area contributed by atoms with Crippen molar-refractivity contribution >= 4 is 62.2 Å². The summed E-state index contributed by atoms with van der Waals surface area (Å²) < 4.78 is 5.00. The van der Waals surface area contributed by atoms with Crippen molar-refractivity contribution in [3.05, 3.63) is 68.8 Å². The normalized spacial score (nSPS) is 17.6. The number of aryl methyl sites for hydroxylation is 5. The summed E-state index contributed by atoms with van der Waals surface area (Å²) in [4.78, 5) is 32.9. The van der Waals surface area contributed by atoms with Gasteiger partial charge < -0.3 is 14.7 Å². The minimum absolute atomic E-state index is 0. The molecule has 5 heterocycles. The number of rotatable bonds is 5. The number of esters is 1. The van der Waals surface area contributed by atoms with Gasteiger partial charge in [0.15, 0.2) is 0 Å². The molecule has 3 aromatic rings. The van der Waals surface area contributed by atoms with Gasteiger partial charge in [0.1, 0.15) is 0 Å². The predicted molar refractivity (Wildman–Crippen MR) is 166 cm³/mol. The first-order valence-electron chi connectivity index (χ1n) is 14.7. The number of methoxy groups -OCH3 is 1. The van der Waals surface area contributed by atoms with Crippen molar-refractivity contribution in [2.45, 2.75) is 91.9 Å². The Morgan fingerprint density at radius 3 is 2.34 bits per heavy atom. The van der Waals surface area contributed by atoms with E-state index in [0.29, 0.717) is 12.8 Å². The summed E-state index contributed by atoms with van der Waals surface area (Å²) in [6.07, 6.45) is 4.79. The van der Waals surface area contributed by atoms with E-state index in [-0.39, 0.29) is 40.9 Å². The second-order valence-electron chi connectivity index (χ2n) is 11.5. The third-order valence-electron chi connectivity index (χ3n) is 9.45. The molecule has 8 bridgehead atoms. The Kier molecular flexibility index (Phi) is 8.23. The molecule has 0 fully saturated rings. The Bertz CT molecular complexity index is 1740. The molecule has 0 N–H and O–H groups in total. The number of nitrogens with zero attached hydrogens (tertiary/aromatic N) is 4. The second kappa shape index (κ2) is 11.4. The first-order valence-corrected chi connectivity index (χ1v) is 14.7. The fourth-order valence-corrected chi connectivity index (χ4v) is 6.97. The topological polar surface area (TPSA) is 80.3 Å². The smallest absolute Gasteiger partial charge is 0.657 e. The van der Waals surface area contributed by atoms with Gasteiger partial charge in [-0.2, -0.15) is 0 Å². The van der Waals surface area contributed by atoms with E-state index in [9.17, 15) is 4.79 Å². The quantitative estimate of drug-likeness (QED) is 0.258. The van der Waals surface area contributed by atoms with Crippen molar-refractivity contribution in [2.24, 2.45) is 0 Å². The van der Waals surface area contributed by atoms with Crippen LogP contribution in [0.3, 0.4) is 0 Å². The van der Waals surface area contributed by atoms with Gasteiger partial charge in [0, 0.05) is 29.6 Å². The van der Waals surface area contributed by atoms with Crippen LogP contribution in [-0.4, -0.2) is 46.1 Å². The van der Waals surface area contributed by atoms with Gasteiger partial charge in [0.05, 0.1) is 18.5 Å². The Morgan fingerprint density at radius 2 is 1.63 bits per heavy atom. The van der Waals surface area contributed by atoms with Crippen LogP contribution in [0.4, 0.5) is 0 Å².